The van der Waals surface area contributed by atoms with Gasteiger partial charge >= 0.3 is 0 Å². The van der Waals surface area contributed by atoms with Crippen molar-refractivity contribution >= 4 is 28.8 Å². The van der Waals surface area contributed by atoms with Crippen molar-refractivity contribution < 1.29 is 9.53 Å². The highest BCUT2D eigenvalue weighted by Gasteiger charge is 2.12. The van der Waals surface area contributed by atoms with Crippen LogP contribution in [0.5, 0.6) is 0 Å². The Morgan fingerprint density at radius 3 is 2.14 bits per heavy atom. The van der Waals surface area contributed by atoms with E-state index in [4.69, 9.17) is 4.74 Å². The molecule has 0 radical (unpaired) electrons. The maximum absolute atomic E-state index is 12.7. The van der Waals surface area contributed by atoms with E-state index in [0.717, 1.165) is 54.6 Å². The fraction of sp³-hybridized carbons (Fsp3) is 0.179. The van der Waals surface area contributed by atoms with Crippen molar-refractivity contribution in [2.75, 3.05) is 41.8 Å². The van der Waals surface area contributed by atoms with Crippen LogP contribution in [0.4, 0.5) is 22.9 Å². The fourth-order valence-corrected chi connectivity index (χ4v) is 3.91. The van der Waals surface area contributed by atoms with Gasteiger partial charge in [0, 0.05) is 41.3 Å². The topological polar surface area (TPSA) is 79.4 Å². The Hall–Kier alpha value is -4.23. The minimum atomic E-state index is -0.155. The molecule has 0 saturated carbocycles. The molecule has 1 saturated heterocycles. The molecule has 4 aromatic rings. The highest BCUT2D eigenvalue weighted by atomic mass is 16.5. The van der Waals surface area contributed by atoms with E-state index in [0.29, 0.717) is 11.4 Å². The number of carbonyl (C=O) groups is 1. The molecule has 3 aromatic carbocycles. The number of morpholine rings is 1. The molecule has 0 bridgehead atoms. The lowest BCUT2D eigenvalue weighted by Gasteiger charge is -2.28. The van der Waals surface area contributed by atoms with Crippen LogP contribution in [0.3, 0.4) is 0 Å². The first-order chi connectivity index (χ1) is 17.1. The average Bonchev–Trinajstić information content (AvgIpc) is 2.91. The van der Waals surface area contributed by atoms with E-state index >= 15 is 0 Å². The number of aromatic nitrogens is 2. The molecule has 1 aromatic heterocycles. The van der Waals surface area contributed by atoms with Crippen LogP contribution in [-0.2, 0) is 4.74 Å². The molecule has 35 heavy (non-hydrogen) atoms. The fourth-order valence-electron chi connectivity index (χ4n) is 3.91. The Morgan fingerprint density at radius 2 is 1.49 bits per heavy atom. The molecule has 2 heterocycles. The van der Waals surface area contributed by atoms with Crippen molar-refractivity contribution in [3.05, 3.63) is 96.1 Å². The van der Waals surface area contributed by atoms with Gasteiger partial charge in [-0.25, -0.2) is 0 Å². The molecule has 1 aliphatic rings. The van der Waals surface area contributed by atoms with Gasteiger partial charge in [0.15, 0.2) is 5.82 Å². The minimum Gasteiger partial charge on any atom is -0.378 e. The van der Waals surface area contributed by atoms with E-state index in [2.05, 4.69) is 44.8 Å². The van der Waals surface area contributed by atoms with Crippen molar-refractivity contribution in [3.63, 3.8) is 0 Å². The number of anilines is 4. The van der Waals surface area contributed by atoms with Crippen LogP contribution in [0, 0.1) is 6.92 Å². The zero-order valence-corrected chi connectivity index (χ0v) is 19.6. The number of carbonyl (C=O) groups excluding carboxylic acids is 1. The molecule has 0 aliphatic carbocycles. The van der Waals surface area contributed by atoms with Gasteiger partial charge in [0.1, 0.15) is 0 Å². The molecule has 5 rings (SSSR count). The van der Waals surface area contributed by atoms with Gasteiger partial charge in [0.2, 0.25) is 0 Å². The lowest BCUT2D eigenvalue weighted by molar-refractivity contribution is 0.102. The molecule has 0 spiro atoms. The zero-order valence-electron chi connectivity index (χ0n) is 19.6. The van der Waals surface area contributed by atoms with Gasteiger partial charge in [-0.05, 0) is 67.6 Å². The first-order valence-corrected chi connectivity index (χ1v) is 11.7. The Bertz CT molecular complexity index is 1270. The highest BCUT2D eigenvalue weighted by Crippen LogP contribution is 2.22. The Balaban J connectivity index is 1.18. The van der Waals surface area contributed by atoms with Crippen LogP contribution in [0.15, 0.2) is 84.9 Å². The summed E-state index contributed by atoms with van der Waals surface area (Å²) in [6, 6.07) is 27.2. The number of ether oxygens (including phenoxy) is 1. The lowest BCUT2D eigenvalue weighted by atomic mass is 10.1. The third-order valence-corrected chi connectivity index (χ3v) is 5.93. The predicted octanol–water partition coefficient (Wildman–Crippen LogP) is 5.28. The van der Waals surface area contributed by atoms with Crippen LogP contribution in [0.1, 0.15) is 15.9 Å². The van der Waals surface area contributed by atoms with Gasteiger partial charge in [0.05, 0.1) is 18.9 Å². The Morgan fingerprint density at radius 1 is 0.800 bits per heavy atom. The number of hydrogen-bond donors (Lipinski definition) is 2. The molecule has 1 fully saturated rings. The van der Waals surface area contributed by atoms with Crippen molar-refractivity contribution in [1.29, 1.82) is 0 Å². The normalized spacial score (nSPS) is 13.3. The van der Waals surface area contributed by atoms with Gasteiger partial charge in [-0.2, -0.15) is 0 Å². The molecule has 7 nitrogen and oxygen atoms in total. The number of amides is 1. The van der Waals surface area contributed by atoms with Gasteiger partial charge in [-0.15, -0.1) is 10.2 Å². The summed E-state index contributed by atoms with van der Waals surface area (Å²) < 4.78 is 5.40. The van der Waals surface area contributed by atoms with E-state index in [1.165, 1.54) is 5.56 Å². The average molecular weight is 466 g/mol. The SMILES string of the molecule is Cc1ccc(-c2ccc(Nc3ccc(C(=O)Nc4ccc(N5CCOCC5)cc4)cc3)nn2)cc1. The summed E-state index contributed by atoms with van der Waals surface area (Å²) in [6.07, 6.45) is 0. The van der Waals surface area contributed by atoms with Crippen molar-refractivity contribution in [1.82, 2.24) is 10.2 Å². The van der Waals surface area contributed by atoms with Crippen LogP contribution in [0.25, 0.3) is 11.3 Å². The van der Waals surface area contributed by atoms with Gasteiger partial charge in [-0.3, -0.25) is 4.79 Å². The van der Waals surface area contributed by atoms with Crippen molar-refractivity contribution in [2.24, 2.45) is 0 Å². The third kappa shape index (κ3) is 5.65. The van der Waals surface area contributed by atoms with Crippen molar-refractivity contribution in [2.45, 2.75) is 6.92 Å². The summed E-state index contributed by atoms with van der Waals surface area (Å²) in [5.41, 5.74) is 6.36. The minimum absolute atomic E-state index is 0.155. The predicted molar refractivity (Wildman–Crippen MR) is 139 cm³/mol. The van der Waals surface area contributed by atoms with E-state index < -0.39 is 0 Å². The van der Waals surface area contributed by atoms with E-state index in [-0.39, 0.29) is 5.91 Å². The summed E-state index contributed by atoms with van der Waals surface area (Å²) >= 11 is 0. The van der Waals surface area contributed by atoms with Crippen LogP contribution < -0.4 is 15.5 Å². The maximum atomic E-state index is 12.7. The van der Waals surface area contributed by atoms with Gasteiger partial charge in [0.25, 0.3) is 5.91 Å². The second kappa shape index (κ2) is 10.4. The summed E-state index contributed by atoms with van der Waals surface area (Å²) in [6.45, 7) is 5.31. The largest absolute Gasteiger partial charge is 0.378 e. The number of nitrogens with zero attached hydrogens (tertiary/aromatic N) is 3. The first-order valence-electron chi connectivity index (χ1n) is 11.7. The molecular formula is C28H27N5O2. The number of benzene rings is 3. The molecule has 0 atom stereocenters. The molecule has 176 valence electrons. The molecule has 1 aliphatic heterocycles. The number of aryl methyl sites for hydroxylation is 1. The highest BCUT2D eigenvalue weighted by molar-refractivity contribution is 6.04. The van der Waals surface area contributed by atoms with E-state index in [9.17, 15) is 4.79 Å². The van der Waals surface area contributed by atoms with Crippen molar-refractivity contribution in [3.8, 4) is 11.3 Å². The molecule has 7 heteroatoms. The third-order valence-electron chi connectivity index (χ3n) is 5.93. The van der Waals surface area contributed by atoms with Crippen LogP contribution >= 0.6 is 0 Å². The van der Waals surface area contributed by atoms with E-state index in [1.54, 1.807) is 12.1 Å². The quantitative estimate of drug-likeness (QED) is 0.403. The number of hydrogen-bond acceptors (Lipinski definition) is 6. The Kier molecular flexibility index (Phi) is 6.68. The summed E-state index contributed by atoms with van der Waals surface area (Å²) in [7, 11) is 0. The standard InChI is InChI=1S/C28H27N5O2/c1-20-2-4-21(5-3-20)26-14-15-27(32-31-26)29-23-8-6-22(7-9-23)28(34)30-24-10-12-25(13-11-24)33-16-18-35-19-17-33/h2-15H,16-19H2,1H3,(H,29,32)(H,30,34). The number of nitrogens with one attached hydrogen (secondary N) is 2. The Labute approximate surface area is 204 Å². The first kappa shape index (κ1) is 22.6. The molecule has 0 unspecified atom stereocenters. The van der Waals surface area contributed by atoms with E-state index in [1.807, 2.05) is 60.7 Å². The number of rotatable bonds is 6. The monoisotopic (exact) mass is 465 g/mol. The molecular weight excluding hydrogens is 438 g/mol. The molecule has 2 N–H and O–H groups in total. The second-order valence-corrected chi connectivity index (χ2v) is 8.47. The smallest absolute Gasteiger partial charge is 0.255 e. The second-order valence-electron chi connectivity index (χ2n) is 8.47. The maximum Gasteiger partial charge on any atom is 0.255 e. The van der Waals surface area contributed by atoms with Gasteiger partial charge < -0.3 is 20.3 Å². The summed E-state index contributed by atoms with van der Waals surface area (Å²) in [4.78, 5) is 15.0. The lowest BCUT2D eigenvalue weighted by Crippen LogP contribution is -2.36. The molecule has 1 amide bonds. The van der Waals surface area contributed by atoms with Crippen LogP contribution in [0.2, 0.25) is 0 Å². The zero-order chi connectivity index (χ0) is 24.0. The summed E-state index contributed by atoms with van der Waals surface area (Å²) in [5.74, 6) is 0.483. The summed E-state index contributed by atoms with van der Waals surface area (Å²) in [5, 5.41) is 14.8. The van der Waals surface area contributed by atoms with Crippen LogP contribution in [-0.4, -0.2) is 42.4 Å². The van der Waals surface area contributed by atoms with Gasteiger partial charge in [-0.1, -0.05) is 29.8 Å².